The zero-order chi connectivity index (χ0) is 16.4. The Hall–Kier alpha value is -1.76. The first-order chi connectivity index (χ1) is 10.1. The van der Waals surface area contributed by atoms with Crippen LogP contribution in [0.2, 0.25) is 0 Å². The molecule has 0 saturated carbocycles. The zero-order valence-corrected chi connectivity index (χ0v) is 11.2. The van der Waals surface area contributed by atoms with Crippen LogP contribution in [0.5, 0.6) is 0 Å². The van der Waals surface area contributed by atoms with Gasteiger partial charge in [0.25, 0.3) is 0 Å². The van der Waals surface area contributed by atoms with Gasteiger partial charge in [0.1, 0.15) is 0 Å². The highest BCUT2D eigenvalue weighted by molar-refractivity contribution is 6.08. The Morgan fingerprint density at radius 1 is 1.00 bits per heavy atom. The normalized spacial score (nSPS) is 15.6. The number of hydrogen-bond acceptors (Lipinski definition) is 0. The van der Waals surface area contributed by atoms with Crippen molar-refractivity contribution in [3.8, 4) is 0 Å². The van der Waals surface area contributed by atoms with Crippen molar-refractivity contribution in [1.29, 1.82) is 0 Å². The van der Waals surface area contributed by atoms with Crippen molar-refractivity contribution >= 4 is 21.8 Å². The average molecular weight is 241 g/mol. The summed E-state index contributed by atoms with van der Waals surface area (Å²) in [6.45, 7) is 6.44. The van der Waals surface area contributed by atoms with Crippen LogP contribution < -0.4 is 0 Å². The molecule has 3 rings (SSSR count). The Labute approximate surface area is 114 Å². The largest absolute Gasteiger partial charge is 0.344 e. The number of rotatable bonds is 0. The predicted octanol–water partition coefficient (Wildman–Crippen LogP) is 4.63. The minimum Gasteiger partial charge on any atom is -0.344 e. The third kappa shape index (κ3) is 1.54. The fraction of sp³-hybridized carbons (Fsp3) is 0.294. The first-order valence-electron chi connectivity index (χ1n) is 8.13. The summed E-state index contributed by atoms with van der Waals surface area (Å²) in [7, 11) is 1.86. The van der Waals surface area contributed by atoms with Crippen LogP contribution in [-0.2, 0) is 12.5 Å². The van der Waals surface area contributed by atoms with Crippen molar-refractivity contribution in [2.45, 2.75) is 26.2 Å². The van der Waals surface area contributed by atoms with Gasteiger partial charge in [-0.1, -0.05) is 51.0 Å². The van der Waals surface area contributed by atoms with E-state index in [0.29, 0.717) is 10.9 Å². The first-order valence-corrected chi connectivity index (χ1v) is 6.13. The molecule has 1 heterocycles. The fourth-order valence-corrected chi connectivity index (χ4v) is 2.36. The van der Waals surface area contributed by atoms with Gasteiger partial charge < -0.3 is 4.57 Å². The van der Waals surface area contributed by atoms with E-state index in [1.165, 1.54) is 5.56 Å². The predicted molar refractivity (Wildman–Crippen MR) is 79.1 cm³/mol. The van der Waals surface area contributed by atoms with E-state index < -0.39 is 0 Å². The molecule has 0 amide bonds. The lowest BCUT2D eigenvalue weighted by atomic mass is 9.86. The molecule has 0 radical (unpaired) electrons. The Kier molecular flexibility index (Phi) is 1.53. The molecule has 0 atom stereocenters. The molecule has 2 aromatic carbocycles. The van der Waals surface area contributed by atoms with Gasteiger partial charge in [-0.15, -0.1) is 0 Å². The minimum absolute atomic E-state index is 0.0133. The molecule has 0 spiro atoms. The Bertz CT molecular complexity index is 916. The molecule has 0 N–H and O–H groups in total. The molecule has 1 aromatic heterocycles. The SMILES string of the molecule is [2H]c1c([2H])c([2H])c2c(c1[2H])c1ccc(C(C)(C)C)cc1n2C. The van der Waals surface area contributed by atoms with Gasteiger partial charge in [-0.2, -0.15) is 0 Å². The van der Waals surface area contributed by atoms with E-state index in [1.54, 1.807) is 0 Å². The van der Waals surface area contributed by atoms with E-state index in [2.05, 4.69) is 26.8 Å². The van der Waals surface area contributed by atoms with Gasteiger partial charge in [0, 0.05) is 28.9 Å². The van der Waals surface area contributed by atoms with Crippen LogP contribution in [0.3, 0.4) is 0 Å². The van der Waals surface area contributed by atoms with Crippen LogP contribution in [0.15, 0.2) is 42.4 Å². The number of fused-ring (bicyclic) bond motifs is 3. The topological polar surface area (TPSA) is 4.93 Å². The monoisotopic (exact) mass is 241 g/mol. The maximum Gasteiger partial charge on any atom is 0.0645 e. The van der Waals surface area contributed by atoms with Crippen molar-refractivity contribution < 1.29 is 5.48 Å². The summed E-state index contributed by atoms with van der Waals surface area (Å²) >= 11 is 0. The summed E-state index contributed by atoms with van der Waals surface area (Å²) in [5.74, 6) is 0. The van der Waals surface area contributed by atoms with Gasteiger partial charge in [0.2, 0.25) is 0 Å². The highest BCUT2D eigenvalue weighted by Gasteiger charge is 2.15. The van der Waals surface area contributed by atoms with Gasteiger partial charge in [0.05, 0.1) is 5.48 Å². The molecule has 0 fully saturated rings. The fourth-order valence-electron chi connectivity index (χ4n) is 2.36. The number of benzene rings is 2. The number of aryl methyl sites for hydroxylation is 1. The molecular formula is C17H19N. The van der Waals surface area contributed by atoms with Gasteiger partial charge in [-0.05, 0) is 23.1 Å². The van der Waals surface area contributed by atoms with E-state index in [0.717, 1.165) is 10.9 Å². The van der Waals surface area contributed by atoms with Crippen LogP contribution >= 0.6 is 0 Å². The number of para-hydroxylation sites is 1. The molecule has 0 bridgehead atoms. The van der Waals surface area contributed by atoms with Gasteiger partial charge in [-0.3, -0.25) is 0 Å². The maximum atomic E-state index is 8.19. The van der Waals surface area contributed by atoms with Crippen molar-refractivity contribution in [2.24, 2.45) is 7.05 Å². The number of aromatic nitrogens is 1. The molecule has 0 aliphatic rings. The number of nitrogens with zero attached hydrogens (tertiary/aromatic N) is 1. The van der Waals surface area contributed by atoms with E-state index >= 15 is 0 Å². The molecule has 3 aromatic rings. The lowest BCUT2D eigenvalue weighted by Gasteiger charge is -2.19. The second-order valence-electron chi connectivity index (χ2n) is 5.76. The number of hydrogen-bond donors (Lipinski definition) is 0. The second kappa shape index (κ2) is 3.61. The molecule has 18 heavy (non-hydrogen) atoms. The molecule has 0 aliphatic heterocycles. The highest BCUT2D eigenvalue weighted by atomic mass is 14.9. The third-order valence-corrected chi connectivity index (χ3v) is 3.50. The van der Waals surface area contributed by atoms with Crippen molar-refractivity contribution in [1.82, 2.24) is 4.57 Å². The molecule has 92 valence electrons. The second-order valence-corrected chi connectivity index (χ2v) is 5.76. The van der Waals surface area contributed by atoms with E-state index in [4.69, 9.17) is 5.48 Å². The lowest BCUT2D eigenvalue weighted by molar-refractivity contribution is 0.591. The van der Waals surface area contributed by atoms with Crippen molar-refractivity contribution in [3.05, 3.63) is 47.9 Å². The van der Waals surface area contributed by atoms with Gasteiger partial charge in [0.15, 0.2) is 0 Å². The van der Waals surface area contributed by atoms with Crippen LogP contribution in [0.1, 0.15) is 31.8 Å². The first kappa shape index (κ1) is 7.63. The van der Waals surface area contributed by atoms with Crippen molar-refractivity contribution in [3.63, 3.8) is 0 Å². The summed E-state index contributed by atoms with van der Waals surface area (Å²) in [5, 5.41) is 1.47. The summed E-state index contributed by atoms with van der Waals surface area (Å²) < 4.78 is 34.0. The summed E-state index contributed by atoms with van der Waals surface area (Å²) in [6.07, 6.45) is 0. The Morgan fingerprint density at radius 3 is 2.44 bits per heavy atom. The quantitative estimate of drug-likeness (QED) is 0.541. The third-order valence-electron chi connectivity index (χ3n) is 3.50. The Balaban J connectivity index is 2.55. The average Bonchev–Trinajstić information content (AvgIpc) is 2.75. The maximum absolute atomic E-state index is 8.19. The van der Waals surface area contributed by atoms with Crippen LogP contribution in [0.4, 0.5) is 0 Å². The molecule has 0 aliphatic carbocycles. The molecule has 1 nitrogen and oxygen atoms in total. The molecular weight excluding hydrogens is 218 g/mol. The van der Waals surface area contributed by atoms with E-state index in [-0.39, 0.29) is 29.6 Å². The highest BCUT2D eigenvalue weighted by Crippen LogP contribution is 2.31. The molecule has 0 saturated heterocycles. The van der Waals surface area contributed by atoms with Crippen LogP contribution in [-0.4, -0.2) is 4.57 Å². The smallest absolute Gasteiger partial charge is 0.0645 e. The van der Waals surface area contributed by atoms with E-state index in [9.17, 15) is 0 Å². The summed E-state index contributed by atoms with van der Waals surface area (Å²) in [5.41, 5.74) is 2.70. The standard InChI is InChI=1S/C17H19N/c1-17(2,3)12-9-10-14-13-7-5-6-8-15(13)18(4)16(14)11-12/h5-11H,1-4H3/i5D,6D,7D,8D. The Morgan fingerprint density at radius 2 is 1.72 bits per heavy atom. The van der Waals surface area contributed by atoms with Crippen molar-refractivity contribution in [2.75, 3.05) is 0 Å². The summed E-state index contributed by atoms with van der Waals surface area (Å²) in [6, 6.07) is 5.80. The van der Waals surface area contributed by atoms with Gasteiger partial charge in [-0.25, -0.2) is 0 Å². The lowest BCUT2D eigenvalue weighted by Crippen LogP contribution is -2.10. The minimum atomic E-state index is -0.181. The van der Waals surface area contributed by atoms with E-state index in [1.807, 2.05) is 23.7 Å². The van der Waals surface area contributed by atoms with Crippen LogP contribution in [0, 0.1) is 0 Å². The van der Waals surface area contributed by atoms with Crippen LogP contribution in [0.25, 0.3) is 21.8 Å². The van der Waals surface area contributed by atoms with Gasteiger partial charge >= 0.3 is 0 Å². The zero-order valence-electron chi connectivity index (χ0n) is 15.2. The summed E-state index contributed by atoms with van der Waals surface area (Å²) in [4.78, 5) is 0. The molecule has 1 heteroatoms. The molecule has 0 unspecified atom stereocenters.